The van der Waals surface area contributed by atoms with Crippen molar-refractivity contribution in [3.63, 3.8) is 0 Å². The highest BCUT2D eigenvalue weighted by atomic mass is 32.1. The summed E-state index contributed by atoms with van der Waals surface area (Å²) in [5.74, 6) is 0.657. The summed E-state index contributed by atoms with van der Waals surface area (Å²) in [4.78, 5) is 10.7. The number of rotatable bonds is 6. The van der Waals surface area contributed by atoms with Gasteiger partial charge < -0.3 is 4.57 Å². The maximum absolute atomic E-state index is 5.42. The molecule has 0 unspecified atom stereocenters. The molecule has 0 N–H and O–H groups in total. The molecule has 276 valence electrons. The number of benzene rings is 8. The molecule has 0 radical (unpaired) electrons. The van der Waals surface area contributed by atoms with Crippen LogP contribution in [-0.2, 0) is 0 Å². The van der Waals surface area contributed by atoms with Gasteiger partial charge in [0, 0.05) is 58.5 Å². The van der Waals surface area contributed by atoms with Gasteiger partial charge in [0.1, 0.15) is 0 Å². The third-order valence-corrected chi connectivity index (χ3v) is 12.7. The number of hydrogen-bond acceptors (Lipinski definition) is 3. The molecular weight excluding hydrogens is 737 g/mol. The van der Waals surface area contributed by atoms with E-state index in [2.05, 4.69) is 215 Å². The van der Waals surface area contributed by atoms with Gasteiger partial charge in [0.25, 0.3) is 0 Å². The molecule has 0 fully saturated rings. The Kier molecular flexibility index (Phi) is 7.68. The Morgan fingerprint density at radius 1 is 0.407 bits per heavy atom. The van der Waals surface area contributed by atoms with Gasteiger partial charge in [0.05, 0.1) is 33.5 Å². The van der Waals surface area contributed by atoms with E-state index in [1.54, 1.807) is 0 Å². The average Bonchev–Trinajstić information content (AvgIpc) is 3.96. The van der Waals surface area contributed by atoms with E-state index in [4.69, 9.17) is 9.97 Å². The topological polar surface area (TPSA) is 35.6 Å². The van der Waals surface area contributed by atoms with E-state index >= 15 is 0 Å². The third-order valence-electron chi connectivity index (χ3n) is 11.6. The second kappa shape index (κ2) is 13.5. The van der Waals surface area contributed by atoms with Crippen molar-refractivity contribution in [1.82, 2.24) is 19.1 Å². The van der Waals surface area contributed by atoms with Gasteiger partial charge in [-0.2, -0.15) is 0 Å². The maximum Gasteiger partial charge on any atom is 0.235 e. The van der Waals surface area contributed by atoms with Crippen LogP contribution in [0.15, 0.2) is 194 Å². The van der Waals surface area contributed by atoms with Gasteiger partial charge in [-0.05, 0) is 71.8 Å². The van der Waals surface area contributed by atoms with Crippen molar-refractivity contribution in [3.8, 4) is 34.2 Å². The van der Waals surface area contributed by atoms with Gasteiger partial charge in [0.15, 0.2) is 0 Å². The van der Waals surface area contributed by atoms with Crippen LogP contribution in [0.1, 0.15) is 11.1 Å². The van der Waals surface area contributed by atoms with Gasteiger partial charge in [-0.25, -0.2) is 9.97 Å². The molecule has 12 rings (SSSR count). The summed E-state index contributed by atoms with van der Waals surface area (Å²) in [5, 5.41) is 7.09. The van der Waals surface area contributed by atoms with Crippen molar-refractivity contribution in [3.05, 3.63) is 205 Å². The highest BCUT2D eigenvalue weighted by molar-refractivity contribution is 7.25. The van der Waals surface area contributed by atoms with Crippen molar-refractivity contribution < 1.29 is 0 Å². The summed E-state index contributed by atoms with van der Waals surface area (Å²) in [5.41, 5.74) is 12.0. The van der Waals surface area contributed by atoms with E-state index in [1.807, 2.05) is 11.3 Å². The monoisotopic (exact) mass is 770 g/mol. The van der Waals surface area contributed by atoms with Gasteiger partial charge in [0.2, 0.25) is 5.95 Å². The number of para-hydroxylation sites is 4. The molecule has 0 aliphatic carbocycles. The zero-order valence-electron chi connectivity index (χ0n) is 31.8. The van der Waals surface area contributed by atoms with E-state index in [0.29, 0.717) is 5.95 Å². The Bertz CT molecular complexity index is 3610. The molecule has 0 saturated carbocycles. The molecule has 12 aromatic rings. The lowest BCUT2D eigenvalue weighted by atomic mass is 10.0. The number of hydrogen-bond donors (Lipinski definition) is 0. The van der Waals surface area contributed by atoms with Gasteiger partial charge in [-0.3, -0.25) is 4.57 Å². The Morgan fingerprint density at radius 3 is 1.88 bits per heavy atom. The largest absolute Gasteiger partial charge is 0.309 e. The Hall–Kier alpha value is -7.60. The van der Waals surface area contributed by atoms with Crippen molar-refractivity contribution in [1.29, 1.82) is 0 Å². The van der Waals surface area contributed by atoms with E-state index in [9.17, 15) is 0 Å². The first-order valence-corrected chi connectivity index (χ1v) is 20.7. The molecule has 0 saturated heterocycles. The molecule has 4 aromatic heterocycles. The first kappa shape index (κ1) is 33.5. The molecule has 0 bridgehead atoms. The molecule has 0 spiro atoms. The lowest BCUT2D eigenvalue weighted by Gasteiger charge is -2.12. The minimum atomic E-state index is 0.657. The van der Waals surface area contributed by atoms with Crippen LogP contribution in [-0.4, -0.2) is 19.1 Å². The molecule has 5 heteroatoms. The second-order valence-corrected chi connectivity index (χ2v) is 16.1. The smallest absolute Gasteiger partial charge is 0.235 e. The minimum absolute atomic E-state index is 0.657. The fourth-order valence-corrected chi connectivity index (χ4v) is 9.99. The molecule has 8 aromatic carbocycles. The zero-order valence-corrected chi connectivity index (χ0v) is 32.6. The quantitative estimate of drug-likeness (QED) is 0.169. The summed E-state index contributed by atoms with van der Waals surface area (Å²) < 4.78 is 7.19. The van der Waals surface area contributed by atoms with Crippen LogP contribution in [0.3, 0.4) is 0 Å². The standard InChI is InChI=1S/C54H34N4S/c1-3-15-36(16-4-1)53-42(39-19-8-12-24-47(39)57(53)38-17-5-2-6-18-38)30-27-35-28-31-49-44(33-35)40-20-9-13-25-48(40)58(49)54-55-46-23-11-7-22-43(46)52(56-54)37-29-32-51-45(34-37)41-21-10-14-26-50(41)59-51/h1-34H/b30-27+. The summed E-state index contributed by atoms with van der Waals surface area (Å²) in [6.45, 7) is 0. The summed E-state index contributed by atoms with van der Waals surface area (Å²) in [6.07, 6.45) is 4.54. The first-order valence-electron chi connectivity index (χ1n) is 19.9. The van der Waals surface area contributed by atoms with Gasteiger partial charge in [-0.1, -0.05) is 146 Å². The lowest BCUT2D eigenvalue weighted by Crippen LogP contribution is -2.03. The predicted molar refractivity (Wildman–Crippen MR) is 250 cm³/mol. The van der Waals surface area contributed by atoms with Crippen LogP contribution < -0.4 is 0 Å². The minimum Gasteiger partial charge on any atom is -0.309 e. The second-order valence-electron chi connectivity index (χ2n) is 15.0. The van der Waals surface area contributed by atoms with Crippen LogP contribution >= 0.6 is 11.3 Å². The summed E-state index contributed by atoms with van der Waals surface area (Å²) in [7, 11) is 0. The molecule has 0 aliphatic rings. The molecule has 0 amide bonds. The number of aromatic nitrogens is 4. The zero-order chi connectivity index (χ0) is 38.9. The molecular formula is C54H34N4S. The van der Waals surface area contributed by atoms with E-state index in [-0.39, 0.29) is 0 Å². The van der Waals surface area contributed by atoms with Crippen molar-refractivity contribution in [2.24, 2.45) is 0 Å². The van der Waals surface area contributed by atoms with Crippen LogP contribution in [0.4, 0.5) is 0 Å². The summed E-state index contributed by atoms with van der Waals surface area (Å²) >= 11 is 1.83. The van der Waals surface area contributed by atoms with Crippen LogP contribution in [0.2, 0.25) is 0 Å². The maximum atomic E-state index is 5.42. The Labute approximate surface area is 344 Å². The fourth-order valence-electron chi connectivity index (χ4n) is 8.91. The normalized spacial score (nSPS) is 12.0. The van der Waals surface area contributed by atoms with Crippen LogP contribution in [0, 0.1) is 0 Å². The van der Waals surface area contributed by atoms with E-state index < -0.39 is 0 Å². The number of fused-ring (bicyclic) bond motifs is 8. The molecule has 4 heterocycles. The molecule has 0 aliphatic heterocycles. The SMILES string of the molecule is C(=C\c1c(-c2ccccc2)n(-c2ccccc2)c2ccccc12)/c1ccc2c(c1)c1ccccc1n2-c1nc(-c2ccc3sc4ccccc4c3c2)c2ccccc2n1. The fraction of sp³-hybridized carbons (Fsp3) is 0. The Balaban J connectivity index is 1.03. The van der Waals surface area contributed by atoms with Crippen LogP contribution in [0.5, 0.6) is 0 Å². The number of nitrogens with zero attached hydrogens (tertiary/aromatic N) is 4. The summed E-state index contributed by atoms with van der Waals surface area (Å²) in [6, 6.07) is 69.2. The predicted octanol–water partition coefficient (Wildman–Crippen LogP) is 14.5. The van der Waals surface area contributed by atoms with Crippen LogP contribution in [0.25, 0.3) is 110 Å². The Morgan fingerprint density at radius 2 is 1.05 bits per heavy atom. The molecule has 0 atom stereocenters. The van der Waals surface area contributed by atoms with E-state index in [1.165, 1.54) is 47.9 Å². The highest BCUT2D eigenvalue weighted by Gasteiger charge is 2.20. The third kappa shape index (κ3) is 5.43. The van der Waals surface area contributed by atoms with Crippen molar-refractivity contribution in [2.45, 2.75) is 0 Å². The highest BCUT2D eigenvalue weighted by Crippen LogP contribution is 2.40. The lowest BCUT2D eigenvalue weighted by molar-refractivity contribution is 1.01. The average molecular weight is 771 g/mol. The first-order chi connectivity index (χ1) is 29.3. The van der Waals surface area contributed by atoms with Crippen molar-refractivity contribution >= 4 is 87.3 Å². The van der Waals surface area contributed by atoms with Gasteiger partial charge >= 0.3 is 0 Å². The van der Waals surface area contributed by atoms with Gasteiger partial charge in [-0.15, -0.1) is 11.3 Å². The molecule has 4 nitrogen and oxygen atoms in total. The number of thiophene rings is 1. The molecule has 59 heavy (non-hydrogen) atoms. The van der Waals surface area contributed by atoms with E-state index in [0.717, 1.165) is 55.2 Å². The van der Waals surface area contributed by atoms with Crippen molar-refractivity contribution in [2.75, 3.05) is 0 Å².